The molecule has 2 rings (SSSR count). The van der Waals surface area contributed by atoms with Crippen LogP contribution in [0.15, 0.2) is 41.4 Å². The van der Waals surface area contributed by atoms with Gasteiger partial charge in [0.25, 0.3) is 0 Å². The van der Waals surface area contributed by atoms with Gasteiger partial charge < -0.3 is 0 Å². The zero-order valence-electron chi connectivity index (χ0n) is 9.25. The van der Waals surface area contributed by atoms with Crippen molar-refractivity contribution in [3.8, 4) is 0 Å². The third-order valence-corrected chi connectivity index (χ3v) is 3.38. The van der Waals surface area contributed by atoms with Gasteiger partial charge in [-0.25, -0.2) is 23.5 Å². The van der Waals surface area contributed by atoms with E-state index in [1.807, 2.05) is 0 Å². The molecular formula is C11H10ClN3O2S. The topological polar surface area (TPSA) is 85.9 Å². The van der Waals surface area contributed by atoms with Gasteiger partial charge in [0.05, 0.1) is 4.90 Å². The van der Waals surface area contributed by atoms with Crippen LogP contribution in [0.25, 0.3) is 0 Å². The van der Waals surface area contributed by atoms with E-state index < -0.39 is 10.0 Å². The van der Waals surface area contributed by atoms with Gasteiger partial charge in [0.15, 0.2) is 0 Å². The Labute approximate surface area is 110 Å². The Bertz CT molecular complexity index is 673. The predicted octanol–water partition coefficient (Wildman–Crippen LogP) is 1.37. The number of rotatable bonds is 3. The molecule has 0 fully saturated rings. The van der Waals surface area contributed by atoms with Crippen LogP contribution in [0.1, 0.15) is 11.4 Å². The molecule has 0 aliphatic heterocycles. The van der Waals surface area contributed by atoms with Crippen molar-refractivity contribution in [2.45, 2.75) is 11.3 Å². The Balaban J connectivity index is 2.30. The SMILES string of the molecule is NS(=O)(=O)c1cccc(Cc2nccc(Cl)n2)c1. The van der Waals surface area contributed by atoms with Crippen molar-refractivity contribution in [3.05, 3.63) is 53.1 Å². The quantitative estimate of drug-likeness (QED) is 0.862. The number of aromatic nitrogens is 2. The first-order chi connectivity index (χ1) is 8.45. The van der Waals surface area contributed by atoms with E-state index in [1.165, 1.54) is 12.1 Å². The van der Waals surface area contributed by atoms with E-state index in [4.69, 9.17) is 16.7 Å². The standard InChI is InChI=1S/C11H10ClN3O2S/c12-10-4-5-14-11(15-10)7-8-2-1-3-9(6-8)18(13,16)17/h1-6H,7H2,(H2,13,16,17). The van der Waals surface area contributed by atoms with Crippen molar-refractivity contribution in [1.82, 2.24) is 9.97 Å². The Morgan fingerprint density at radius 2 is 2.06 bits per heavy atom. The zero-order valence-corrected chi connectivity index (χ0v) is 10.8. The van der Waals surface area contributed by atoms with Crippen molar-refractivity contribution in [2.24, 2.45) is 5.14 Å². The summed E-state index contributed by atoms with van der Waals surface area (Å²) in [4.78, 5) is 8.16. The number of nitrogens with zero attached hydrogens (tertiary/aromatic N) is 2. The second-order valence-corrected chi connectivity index (χ2v) is 5.61. The van der Waals surface area contributed by atoms with Crippen molar-refractivity contribution < 1.29 is 8.42 Å². The van der Waals surface area contributed by atoms with Gasteiger partial charge in [-0.1, -0.05) is 23.7 Å². The minimum absolute atomic E-state index is 0.0713. The molecule has 18 heavy (non-hydrogen) atoms. The summed E-state index contributed by atoms with van der Waals surface area (Å²) in [5, 5.41) is 5.41. The fourth-order valence-corrected chi connectivity index (χ4v) is 2.21. The van der Waals surface area contributed by atoms with Gasteiger partial charge in [0.2, 0.25) is 10.0 Å². The van der Waals surface area contributed by atoms with Crippen LogP contribution < -0.4 is 5.14 Å². The van der Waals surface area contributed by atoms with Crippen LogP contribution in [0.4, 0.5) is 0 Å². The highest BCUT2D eigenvalue weighted by molar-refractivity contribution is 7.89. The van der Waals surface area contributed by atoms with Crippen LogP contribution in [0.2, 0.25) is 5.15 Å². The van der Waals surface area contributed by atoms with Gasteiger partial charge in [-0.05, 0) is 23.8 Å². The molecule has 94 valence electrons. The number of sulfonamides is 1. The van der Waals surface area contributed by atoms with E-state index in [0.29, 0.717) is 17.4 Å². The first-order valence-corrected chi connectivity index (χ1v) is 6.97. The third kappa shape index (κ3) is 3.25. The normalized spacial score (nSPS) is 11.4. The Hall–Kier alpha value is -1.50. The summed E-state index contributed by atoms with van der Waals surface area (Å²) < 4.78 is 22.4. The fraction of sp³-hybridized carbons (Fsp3) is 0.0909. The lowest BCUT2D eigenvalue weighted by Crippen LogP contribution is -2.12. The van der Waals surface area contributed by atoms with Crippen molar-refractivity contribution >= 4 is 21.6 Å². The summed E-state index contributed by atoms with van der Waals surface area (Å²) >= 11 is 5.75. The first-order valence-electron chi connectivity index (χ1n) is 5.04. The van der Waals surface area contributed by atoms with Crippen LogP contribution in [-0.2, 0) is 16.4 Å². The van der Waals surface area contributed by atoms with Crippen LogP contribution in [0, 0.1) is 0 Å². The number of hydrogen-bond acceptors (Lipinski definition) is 4. The van der Waals surface area contributed by atoms with Crippen LogP contribution in [0.5, 0.6) is 0 Å². The summed E-state index contributed by atoms with van der Waals surface area (Å²) in [5.74, 6) is 0.522. The molecule has 0 unspecified atom stereocenters. The maximum Gasteiger partial charge on any atom is 0.238 e. The van der Waals surface area contributed by atoms with Crippen molar-refractivity contribution in [3.63, 3.8) is 0 Å². The first kappa shape index (κ1) is 12.9. The van der Waals surface area contributed by atoms with E-state index >= 15 is 0 Å². The zero-order chi connectivity index (χ0) is 13.2. The molecule has 0 atom stereocenters. The summed E-state index contributed by atoms with van der Waals surface area (Å²) in [6.45, 7) is 0. The monoisotopic (exact) mass is 283 g/mol. The van der Waals surface area contributed by atoms with Crippen molar-refractivity contribution in [2.75, 3.05) is 0 Å². The number of primary sulfonamides is 1. The molecule has 2 N–H and O–H groups in total. The van der Waals surface area contributed by atoms with Crippen LogP contribution in [-0.4, -0.2) is 18.4 Å². The molecule has 0 spiro atoms. The molecule has 0 bridgehead atoms. The minimum Gasteiger partial charge on any atom is -0.241 e. The molecule has 2 aromatic rings. The third-order valence-electron chi connectivity index (χ3n) is 2.26. The van der Waals surface area contributed by atoms with E-state index in [9.17, 15) is 8.42 Å². The molecule has 0 radical (unpaired) electrons. The van der Waals surface area contributed by atoms with Gasteiger partial charge >= 0.3 is 0 Å². The van der Waals surface area contributed by atoms with E-state index in [-0.39, 0.29) is 4.90 Å². The highest BCUT2D eigenvalue weighted by Crippen LogP contribution is 2.13. The molecule has 0 aliphatic rings. The molecule has 7 heteroatoms. The second-order valence-electron chi connectivity index (χ2n) is 3.66. The lowest BCUT2D eigenvalue weighted by atomic mass is 10.1. The summed E-state index contributed by atoms with van der Waals surface area (Å²) in [6, 6.07) is 7.92. The Morgan fingerprint density at radius 3 is 2.72 bits per heavy atom. The molecule has 1 aromatic carbocycles. The minimum atomic E-state index is -3.69. The van der Waals surface area contributed by atoms with Gasteiger partial charge in [-0.15, -0.1) is 0 Å². The highest BCUT2D eigenvalue weighted by Gasteiger charge is 2.08. The van der Waals surface area contributed by atoms with Gasteiger partial charge in [-0.2, -0.15) is 0 Å². The summed E-state index contributed by atoms with van der Waals surface area (Å²) in [7, 11) is -3.69. The number of halogens is 1. The number of nitrogens with two attached hydrogens (primary N) is 1. The maximum atomic E-state index is 11.2. The largest absolute Gasteiger partial charge is 0.241 e. The van der Waals surface area contributed by atoms with Gasteiger partial charge in [-0.3, -0.25) is 0 Å². The maximum absolute atomic E-state index is 11.2. The molecular weight excluding hydrogens is 274 g/mol. The number of benzene rings is 1. The van der Waals surface area contributed by atoms with Crippen molar-refractivity contribution in [1.29, 1.82) is 0 Å². The number of hydrogen-bond donors (Lipinski definition) is 1. The smallest absolute Gasteiger partial charge is 0.238 e. The molecule has 1 heterocycles. The summed E-state index contributed by atoms with van der Waals surface area (Å²) in [6.07, 6.45) is 1.94. The molecule has 0 aliphatic carbocycles. The molecule has 0 amide bonds. The molecule has 1 aromatic heterocycles. The Kier molecular flexibility index (Phi) is 3.60. The predicted molar refractivity (Wildman–Crippen MR) is 67.7 cm³/mol. The Morgan fingerprint density at radius 1 is 1.28 bits per heavy atom. The van der Waals surface area contributed by atoms with E-state index in [1.54, 1.807) is 24.4 Å². The lowest BCUT2D eigenvalue weighted by molar-refractivity contribution is 0.597. The van der Waals surface area contributed by atoms with Crippen LogP contribution >= 0.6 is 11.6 Å². The molecule has 0 saturated carbocycles. The molecule has 5 nitrogen and oxygen atoms in total. The fourth-order valence-electron chi connectivity index (χ4n) is 1.47. The molecule has 0 saturated heterocycles. The van der Waals surface area contributed by atoms with Gasteiger partial charge in [0.1, 0.15) is 11.0 Å². The lowest BCUT2D eigenvalue weighted by Gasteiger charge is -2.03. The average molecular weight is 284 g/mol. The average Bonchev–Trinajstić information content (AvgIpc) is 2.28. The summed E-state index contributed by atoms with van der Waals surface area (Å²) in [5.41, 5.74) is 0.754. The van der Waals surface area contributed by atoms with E-state index in [2.05, 4.69) is 9.97 Å². The van der Waals surface area contributed by atoms with E-state index in [0.717, 1.165) is 5.56 Å². The van der Waals surface area contributed by atoms with Gasteiger partial charge in [0, 0.05) is 12.6 Å². The van der Waals surface area contributed by atoms with Crippen LogP contribution in [0.3, 0.4) is 0 Å². The second kappa shape index (κ2) is 5.01. The highest BCUT2D eigenvalue weighted by atomic mass is 35.5.